The number of unbranched alkanes of at least 4 members (excludes halogenated alkanes) is 1. The van der Waals surface area contributed by atoms with Crippen molar-refractivity contribution in [2.45, 2.75) is 51.6 Å². The average Bonchev–Trinajstić information content (AvgIpc) is 3.26. The van der Waals surface area contributed by atoms with Crippen molar-refractivity contribution < 1.29 is 29.1 Å². The van der Waals surface area contributed by atoms with Crippen molar-refractivity contribution in [3.05, 3.63) is 88.8 Å². The highest BCUT2D eigenvalue weighted by atomic mass is 19.1. The van der Waals surface area contributed by atoms with Crippen LogP contribution in [-0.4, -0.2) is 43.7 Å². The van der Waals surface area contributed by atoms with Crippen LogP contribution in [0.25, 0.3) is 0 Å². The number of nitrogens with zero attached hydrogens (tertiary/aromatic N) is 2. The molecule has 1 heterocycles. The van der Waals surface area contributed by atoms with Crippen LogP contribution in [0.4, 0.5) is 4.39 Å². The van der Waals surface area contributed by atoms with E-state index >= 15 is 0 Å². The number of aromatic nitrogens is 2. The number of nitrogens with one attached hydrogen (secondary N) is 2. The number of carboxylic acid groups (broad SMARTS) is 1. The van der Waals surface area contributed by atoms with E-state index in [1.807, 2.05) is 6.92 Å². The molecule has 0 aliphatic heterocycles. The fraction of sp³-hybridized carbons (Fsp3) is 0.308. The number of carbonyl (C=O) groups is 3. The lowest BCUT2D eigenvalue weighted by molar-refractivity contribution is -0.129. The van der Waals surface area contributed by atoms with Crippen LogP contribution < -0.4 is 10.8 Å². The molecule has 1 atom stereocenters. The number of rotatable bonds is 12. The third-order valence-corrected chi connectivity index (χ3v) is 5.78. The van der Waals surface area contributed by atoms with Gasteiger partial charge in [-0.25, -0.2) is 19.6 Å². The van der Waals surface area contributed by atoms with Gasteiger partial charge >= 0.3 is 5.97 Å². The van der Waals surface area contributed by atoms with E-state index in [4.69, 9.17) is 10.3 Å². The highest BCUT2D eigenvalue weighted by molar-refractivity contribution is 5.93. The summed E-state index contributed by atoms with van der Waals surface area (Å²) >= 11 is 0. The molecule has 190 valence electrons. The fourth-order valence-corrected chi connectivity index (χ4v) is 3.87. The zero-order valence-corrected chi connectivity index (χ0v) is 19.9. The average molecular weight is 497 g/mol. The number of carboxylic acids is 1. The number of hydrogen-bond acceptors (Lipinski definition) is 5. The van der Waals surface area contributed by atoms with Gasteiger partial charge in [0.2, 0.25) is 5.91 Å². The second-order valence-corrected chi connectivity index (χ2v) is 8.46. The number of amides is 2. The van der Waals surface area contributed by atoms with Gasteiger partial charge in [-0.1, -0.05) is 43.7 Å². The summed E-state index contributed by atoms with van der Waals surface area (Å²) in [5, 5.41) is 20.9. The zero-order valence-electron chi connectivity index (χ0n) is 19.9. The summed E-state index contributed by atoms with van der Waals surface area (Å²) < 4.78 is 16.0. The van der Waals surface area contributed by atoms with E-state index in [1.54, 1.807) is 40.4 Å². The maximum absolute atomic E-state index is 14.2. The molecule has 0 unspecified atom stereocenters. The van der Waals surface area contributed by atoms with E-state index in [-0.39, 0.29) is 30.6 Å². The first kappa shape index (κ1) is 26.6. The highest BCUT2D eigenvalue weighted by Gasteiger charge is 2.23. The number of hydroxylamine groups is 1. The predicted molar refractivity (Wildman–Crippen MR) is 129 cm³/mol. The molecule has 0 spiro atoms. The lowest BCUT2D eigenvalue weighted by Gasteiger charge is -2.19. The number of carbonyl (C=O) groups excluding carboxylic acids is 2. The van der Waals surface area contributed by atoms with Crippen LogP contribution in [-0.2, 0) is 24.2 Å². The van der Waals surface area contributed by atoms with Gasteiger partial charge in [-0.05, 0) is 42.2 Å². The summed E-state index contributed by atoms with van der Waals surface area (Å²) in [6.45, 7) is 2.34. The topological polar surface area (TPSA) is 134 Å². The second-order valence-electron chi connectivity index (χ2n) is 8.46. The Morgan fingerprint density at radius 3 is 2.47 bits per heavy atom. The summed E-state index contributed by atoms with van der Waals surface area (Å²) in [6, 6.07) is 11.6. The molecular weight excluding hydrogens is 467 g/mol. The van der Waals surface area contributed by atoms with Gasteiger partial charge in [0.1, 0.15) is 17.3 Å². The van der Waals surface area contributed by atoms with Crippen molar-refractivity contribution in [1.29, 1.82) is 0 Å². The van der Waals surface area contributed by atoms with Gasteiger partial charge in [0.25, 0.3) is 5.91 Å². The van der Waals surface area contributed by atoms with Crippen molar-refractivity contribution >= 4 is 17.8 Å². The third-order valence-electron chi connectivity index (χ3n) is 5.78. The fourth-order valence-electron chi connectivity index (χ4n) is 3.87. The number of benzene rings is 2. The maximum Gasteiger partial charge on any atom is 0.335 e. The molecule has 0 saturated carbocycles. The Morgan fingerprint density at radius 2 is 1.83 bits per heavy atom. The molecule has 9 nitrogen and oxygen atoms in total. The smallest absolute Gasteiger partial charge is 0.335 e. The molecule has 2 aromatic carbocycles. The van der Waals surface area contributed by atoms with Crippen molar-refractivity contribution in [2.75, 3.05) is 0 Å². The standard InChI is InChI=1S/C26H29FN4O5/c1-2-3-8-23-28-15-22(31(23)16-17-9-11-18(12-10-17)26(34)35)25(33)29-20(14-24(32)30-36)13-19-6-4-5-7-21(19)27/h4-7,9-12,15,20,36H,2-3,8,13-14,16H2,1H3,(H,29,33)(H,30,32)(H,34,35)/t20-/m1/s1. The second kappa shape index (κ2) is 12.6. The molecule has 0 saturated heterocycles. The Hall–Kier alpha value is -4.05. The molecule has 1 aromatic heterocycles. The molecule has 0 fully saturated rings. The quantitative estimate of drug-likeness (QED) is 0.225. The first-order chi connectivity index (χ1) is 17.3. The molecule has 0 aliphatic carbocycles. The molecule has 4 N–H and O–H groups in total. The van der Waals surface area contributed by atoms with E-state index in [0.717, 1.165) is 18.4 Å². The minimum absolute atomic E-state index is 0.0410. The molecule has 0 radical (unpaired) electrons. The molecule has 2 amide bonds. The van der Waals surface area contributed by atoms with Crippen LogP contribution >= 0.6 is 0 Å². The Balaban J connectivity index is 1.87. The van der Waals surface area contributed by atoms with E-state index in [1.165, 1.54) is 24.4 Å². The van der Waals surface area contributed by atoms with Crippen molar-refractivity contribution in [3.8, 4) is 0 Å². The van der Waals surface area contributed by atoms with Crippen LogP contribution in [0.15, 0.2) is 54.7 Å². The SMILES string of the molecule is CCCCc1ncc(C(=O)N[C@@H](CC(=O)NO)Cc2ccccc2F)n1Cc1ccc(C(=O)O)cc1. The Labute approximate surface area is 207 Å². The number of aryl methyl sites for hydroxylation is 1. The van der Waals surface area contributed by atoms with Crippen LogP contribution in [0.2, 0.25) is 0 Å². The van der Waals surface area contributed by atoms with Crippen LogP contribution in [0, 0.1) is 5.82 Å². The summed E-state index contributed by atoms with van der Waals surface area (Å²) in [4.78, 5) is 40.7. The molecule has 36 heavy (non-hydrogen) atoms. The zero-order chi connectivity index (χ0) is 26.1. The number of imidazole rings is 1. The summed E-state index contributed by atoms with van der Waals surface area (Å²) in [5.41, 5.74) is 3.07. The van der Waals surface area contributed by atoms with Gasteiger partial charge in [0.05, 0.1) is 11.8 Å². The lowest BCUT2D eigenvalue weighted by Crippen LogP contribution is -2.41. The molecule has 10 heteroatoms. The largest absolute Gasteiger partial charge is 0.478 e. The Kier molecular flexibility index (Phi) is 9.29. The van der Waals surface area contributed by atoms with Crippen molar-refractivity contribution in [3.63, 3.8) is 0 Å². The number of hydrogen-bond donors (Lipinski definition) is 4. The Bertz CT molecular complexity index is 1210. The monoisotopic (exact) mass is 496 g/mol. The number of aromatic carboxylic acids is 1. The van der Waals surface area contributed by atoms with Gasteiger partial charge in [-0.3, -0.25) is 14.8 Å². The van der Waals surface area contributed by atoms with Crippen LogP contribution in [0.1, 0.15) is 64.0 Å². The lowest BCUT2D eigenvalue weighted by atomic mass is 10.0. The van der Waals surface area contributed by atoms with E-state index in [2.05, 4.69) is 10.3 Å². The molecular formula is C26H29FN4O5. The van der Waals surface area contributed by atoms with Gasteiger partial charge in [-0.2, -0.15) is 0 Å². The van der Waals surface area contributed by atoms with E-state index < -0.39 is 29.6 Å². The Morgan fingerprint density at radius 1 is 1.11 bits per heavy atom. The molecule has 3 rings (SSSR count). The van der Waals surface area contributed by atoms with Gasteiger partial charge in [0.15, 0.2) is 0 Å². The first-order valence-corrected chi connectivity index (χ1v) is 11.7. The first-order valence-electron chi connectivity index (χ1n) is 11.7. The summed E-state index contributed by atoms with van der Waals surface area (Å²) in [5.74, 6) is -2.01. The van der Waals surface area contributed by atoms with Crippen molar-refractivity contribution in [1.82, 2.24) is 20.3 Å². The molecule has 3 aromatic rings. The summed E-state index contributed by atoms with van der Waals surface area (Å²) in [7, 11) is 0. The van der Waals surface area contributed by atoms with Crippen molar-refractivity contribution in [2.24, 2.45) is 0 Å². The van der Waals surface area contributed by atoms with Gasteiger partial charge < -0.3 is 15.0 Å². The van der Waals surface area contributed by atoms with E-state index in [0.29, 0.717) is 17.8 Å². The normalized spacial score (nSPS) is 11.6. The summed E-state index contributed by atoms with van der Waals surface area (Å²) in [6.07, 6.45) is 3.68. The maximum atomic E-state index is 14.2. The van der Waals surface area contributed by atoms with Crippen LogP contribution in [0.5, 0.6) is 0 Å². The van der Waals surface area contributed by atoms with E-state index in [9.17, 15) is 18.8 Å². The van der Waals surface area contributed by atoms with Crippen LogP contribution in [0.3, 0.4) is 0 Å². The van der Waals surface area contributed by atoms with Gasteiger partial charge in [0, 0.05) is 25.4 Å². The number of halogens is 1. The highest BCUT2D eigenvalue weighted by Crippen LogP contribution is 2.16. The molecule has 0 bridgehead atoms. The molecule has 0 aliphatic rings. The third kappa shape index (κ3) is 6.98. The minimum Gasteiger partial charge on any atom is -0.478 e. The minimum atomic E-state index is -1.03. The predicted octanol–water partition coefficient (Wildman–Crippen LogP) is 3.35. The van der Waals surface area contributed by atoms with Gasteiger partial charge in [-0.15, -0.1) is 0 Å².